The van der Waals surface area contributed by atoms with Crippen LogP contribution in [-0.4, -0.2) is 96.7 Å². The van der Waals surface area contributed by atoms with Gasteiger partial charge in [0.25, 0.3) is 0 Å². The third-order valence-corrected chi connectivity index (χ3v) is 19.1. The molecule has 3 N–H and O–H groups in total. The van der Waals surface area contributed by atoms with Gasteiger partial charge in [0.2, 0.25) is 0 Å². The van der Waals surface area contributed by atoms with E-state index in [1.165, 1.54) is 173 Å². The van der Waals surface area contributed by atoms with Crippen LogP contribution in [0.4, 0.5) is 0 Å². The Bertz CT molecular complexity index is 1920. The standard InChI is InChI=1S/C76H144O17P2/c1-6-9-12-15-18-21-24-27-29-30-31-33-36-39-42-45-52-57-62-75(80)92-71(65-86-73(78)59-54-49-43-40-37-35-32-28-25-22-19-16-13-10-7-2)67-90-94(82,83)88-63-70(77)64-89-95(84,85)91-68-72(66-87-74(79)60-55-50-47-46-48-53-58-69(4)5)93-76(81)61-56-51-44-41-38-34-26-23-20-17-14-11-8-3/h22,25,28,32,69-72,77H,6-21,23-24,26-27,29-31,33-68H2,1-5H3,(H,82,83)(H,84,85)/b25-22-,32-28-/t70-,71-,72-/m1/s1. The highest BCUT2D eigenvalue weighted by Crippen LogP contribution is 2.45. The molecule has 5 atom stereocenters. The van der Waals surface area contributed by atoms with E-state index in [1.54, 1.807) is 0 Å². The minimum atomic E-state index is -4.96. The molecule has 2 unspecified atom stereocenters. The molecular formula is C76H144O17P2. The number of esters is 4. The number of hydrogen-bond acceptors (Lipinski definition) is 15. The van der Waals surface area contributed by atoms with E-state index < -0.39 is 97.5 Å². The molecule has 0 amide bonds. The minimum absolute atomic E-state index is 0.102. The van der Waals surface area contributed by atoms with Crippen molar-refractivity contribution in [3.63, 3.8) is 0 Å². The van der Waals surface area contributed by atoms with Crippen molar-refractivity contribution in [3.8, 4) is 0 Å². The summed E-state index contributed by atoms with van der Waals surface area (Å²) in [5, 5.41) is 10.6. The zero-order chi connectivity index (χ0) is 69.8. The van der Waals surface area contributed by atoms with E-state index in [0.29, 0.717) is 31.6 Å². The molecule has 0 bridgehead atoms. The maximum Gasteiger partial charge on any atom is 0.472 e. The molecule has 0 aliphatic rings. The zero-order valence-electron chi connectivity index (χ0n) is 61.3. The zero-order valence-corrected chi connectivity index (χ0v) is 63.1. The van der Waals surface area contributed by atoms with Gasteiger partial charge >= 0.3 is 39.5 Å². The summed E-state index contributed by atoms with van der Waals surface area (Å²) in [5.74, 6) is -1.47. The smallest absolute Gasteiger partial charge is 0.462 e. The van der Waals surface area contributed by atoms with Crippen LogP contribution >= 0.6 is 15.6 Å². The van der Waals surface area contributed by atoms with Gasteiger partial charge in [0.05, 0.1) is 26.4 Å². The van der Waals surface area contributed by atoms with Crippen molar-refractivity contribution in [1.29, 1.82) is 0 Å². The predicted molar refractivity (Wildman–Crippen MR) is 386 cm³/mol. The molecular weight excluding hydrogens is 1250 g/mol. The Morgan fingerprint density at radius 2 is 0.568 bits per heavy atom. The lowest BCUT2D eigenvalue weighted by molar-refractivity contribution is -0.161. The molecule has 0 aliphatic carbocycles. The number of carbonyl (C=O) groups excluding carboxylic acids is 4. The number of allylic oxidation sites excluding steroid dienone is 4. The van der Waals surface area contributed by atoms with E-state index in [1.807, 2.05) is 0 Å². The number of aliphatic hydroxyl groups is 1. The van der Waals surface area contributed by atoms with E-state index >= 15 is 0 Å². The van der Waals surface area contributed by atoms with Gasteiger partial charge < -0.3 is 33.8 Å². The summed E-state index contributed by atoms with van der Waals surface area (Å²) in [5.41, 5.74) is 0. The van der Waals surface area contributed by atoms with Crippen LogP contribution in [0.2, 0.25) is 0 Å². The summed E-state index contributed by atoms with van der Waals surface area (Å²) in [6, 6.07) is 0. The monoisotopic (exact) mass is 1390 g/mol. The van der Waals surface area contributed by atoms with Crippen LogP contribution in [0.25, 0.3) is 0 Å². The van der Waals surface area contributed by atoms with Gasteiger partial charge in [-0.25, -0.2) is 9.13 Å². The number of phosphoric acid groups is 2. The summed E-state index contributed by atoms with van der Waals surface area (Å²) < 4.78 is 68.4. The molecule has 0 aliphatic heterocycles. The Hall–Kier alpha value is -2.46. The second kappa shape index (κ2) is 68.7. The van der Waals surface area contributed by atoms with E-state index in [-0.39, 0.29) is 25.7 Å². The summed E-state index contributed by atoms with van der Waals surface area (Å²) >= 11 is 0. The van der Waals surface area contributed by atoms with Crippen molar-refractivity contribution in [2.75, 3.05) is 39.6 Å². The first kappa shape index (κ1) is 92.5. The van der Waals surface area contributed by atoms with Crippen LogP contribution in [-0.2, 0) is 65.4 Å². The van der Waals surface area contributed by atoms with Gasteiger partial charge in [0.15, 0.2) is 12.2 Å². The number of phosphoric ester groups is 2. The normalized spacial score (nSPS) is 14.1. The van der Waals surface area contributed by atoms with Gasteiger partial charge in [-0.3, -0.25) is 37.3 Å². The van der Waals surface area contributed by atoms with Gasteiger partial charge in [-0.15, -0.1) is 0 Å². The summed E-state index contributed by atoms with van der Waals surface area (Å²) in [4.78, 5) is 72.7. The molecule has 19 heteroatoms. The second-order valence-electron chi connectivity index (χ2n) is 27.2. The summed E-state index contributed by atoms with van der Waals surface area (Å²) in [6.45, 7) is 7.14. The molecule has 0 aromatic rings. The van der Waals surface area contributed by atoms with Crippen LogP contribution in [0.5, 0.6) is 0 Å². The van der Waals surface area contributed by atoms with Crippen LogP contribution in [0.15, 0.2) is 24.3 Å². The van der Waals surface area contributed by atoms with Gasteiger partial charge in [-0.05, 0) is 57.3 Å². The maximum absolute atomic E-state index is 13.1. The van der Waals surface area contributed by atoms with Crippen LogP contribution < -0.4 is 0 Å². The largest absolute Gasteiger partial charge is 0.472 e. The Labute approximate surface area is 580 Å². The first-order chi connectivity index (χ1) is 46.0. The molecule has 17 nitrogen and oxygen atoms in total. The molecule has 0 spiro atoms. The fraction of sp³-hybridized carbons (Fsp3) is 0.895. The molecule has 0 heterocycles. The van der Waals surface area contributed by atoms with Gasteiger partial charge in [-0.2, -0.15) is 0 Å². The third kappa shape index (κ3) is 69.8. The Morgan fingerprint density at radius 3 is 0.863 bits per heavy atom. The molecule has 0 aromatic carbocycles. The number of carbonyl (C=O) groups is 4. The number of unbranched alkanes of at least 4 members (excludes halogenated alkanes) is 43. The predicted octanol–water partition coefficient (Wildman–Crippen LogP) is 22.0. The number of ether oxygens (including phenoxy) is 4. The lowest BCUT2D eigenvalue weighted by Crippen LogP contribution is -2.30. The minimum Gasteiger partial charge on any atom is -0.462 e. The Morgan fingerprint density at radius 1 is 0.326 bits per heavy atom. The van der Waals surface area contributed by atoms with Crippen molar-refractivity contribution >= 4 is 39.5 Å². The highest BCUT2D eigenvalue weighted by Gasteiger charge is 2.30. The van der Waals surface area contributed by atoms with Crippen molar-refractivity contribution < 1.29 is 80.2 Å². The third-order valence-electron chi connectivity index (χ3n) is 17.2. The van der Waals surface area contributed by atoms with Gasteiger partial charge in [0, 0.05) is 25.7 Å². The van der Waals surface area contributed by atoms with Crippen molar-refractivity contribution in [2.45, 2.75) is 393 Å². The summed E-state index contributed by atoms with van der Waals surface area (Å²) in [6.07, 6.45) is 60.6. The molecule has 0 saturated heterocycles. The Balaban J connectivity index is 5.26. The Kier molecular flexibility index (Phi) is 66.9. The fourth-order valence-electron chi connectivity index (χ4n) is 11.2. The topological polar surface area (TPSA) is 237 Å². The second-order valence-corrected chi connectivity index (χ2v) is 30.1. The van der Waals surface area contributed by atoms with E-state index in [9.17, 15) is 43.2 Å². The lowest BCUT2D eigenvalue weighted by Gasteiger charge is -2.21. The van der Waals surface area contributed by atoms with E-state index in [2.05, 4.69) is 58.9 Å². The molecule has 0 rings (SSSR count). The molecule has 0 saturated carbocycles. The van der Waals surface area contributed by atoms with Crippen molar-refractivity contribution in [2.24, 2.45) is 5.92 Å². The first-order valence-electron chi connectivity index (χ1n) is 39.0. The van der Waals surface area contributed by atoms with E-state index in [4.69, 9.17) is 37.0 Å². The molecule has 560 valence electrons. The van der Waals surface area contributed by atoms with Crippen molar-refractivity contribution in [1.82, 2.24) is 0 Å². The SMILES string of the molecule is CCCCCC/C=C\C=C/CCCCCCCC(=O)OC[C@H](COP(=O)(O)OC[C@@H](O)COP(=O)(O)OC[C@@H](COC(=O)CCCCCCCCC(C)C)OC(=O)CCCCCCCCCCCCCCC)OC(=O)CCCCCCCCCCCCCCCCCCCC. The molecule has 0 fully saturated rings. The first-order valence-corrected chi connectivity index (χ1v) is 41.9. The van der Waals surface area contributed by atoms with E-state index in [0.717, 1.165) is 116 Å². The van der Waals surface area contributed by atoms with Crippen molar-refractivity contribution in [3.05, 3.63) is 24.3 Å². The quantitative estimate of drug-likeness (QED) is 0.0169. The van der Waals surface area contributed by atoms with Gasteiger partial charge in [-0.1, -0.05) is 322 Å². The highest BCUT2D eigenvalue weighted by molar-refractivity contribution is 7.47. The molecule has 95 heavy (non-hydrogen) atoms. The highest BCUT2D eigenvalue weighted by atomic mass is 31.2. The van der Waals surface area contributed by atoms with Crippen LogP contribution in [0, 0.1) is 5.92 Å². The molecule has 0 aromatic heterocycles. The lowest BCUT2D eigenvalue weighted by atomic mass is 10.0. The number of aliphatic hydroxyl groups excluding tert-OH is 1. The van der Waals surface area contributed by atoms with Crippen LogP contribution in [0.3, 0.4) is 0 Å². The summed E-state index contributed by atoms with van der Waals surface area (Å²) in [7, 11) is -9.92. The van der Waals surface area contributed by atoms with Crippen LogP contribution in [0.1, 0.15) is 375 Å². The number of hydrogen-bond donors (Lipinski definition) is 3. The average Bonchev–Trinajstić information content (AvgIpc) is 3.64. The molecule has 0 radical (unpaired) electrons. The van der Waals surface area contributed by atoms with Gasteiger partial charge in [0.1, 0.15) is 19.3 Å². The number of rotatable bonds is 74. The maximum atomic E-state index is 13.1. The fourth-order valence-corrected chi connectivity index (χ4v) is 12.7. The average molecular weight is 1390 g/mol.